The second-order valence-electron chi connectivity index (χ2n) is 4.33. The summed E-state index contributed by atoms with van der Waals surface area (Å²) < 4.78 is 2.00. The van der Waals surface area contributed by atoms with Crippen molar-refractivity contribution in [3.63, 3.8) is 0 Å². The van der Waals surface area contributed by atoms with E-state index in [1.54, 1.807) is 6.33 Å². The van der Waals surface area contributed by atoms with Crippen LogP contribution in [0.25, 0.3) is 16.7 Å². The van der Waals surface area contributed by atoms with Crippen LogP contribution >= 0.6 is 11.6 Å². The largest absolute Gasteiger partial charge is 0.386 e. The highest BCUT2D eigenvalue weighted by molar-refractivity contribution is 6.28. The van der Waals surface area contributed by atoms with Gasteiger partial charge in [-0.3, -0.25) is 4.57 Å². The SMILES string of the molecule is NC(CCl)=Nc1ccccc1-n1cnc2ccccc21. The standard InChI is InChI=1S/C15H13ClN4/c16-9-15(17)19-12-6-2-4-8-14(12)20-10-18-11-5-1-3-7-13(11)20/h1-8,10H,9H2,(H2,17,19). The van der Waals surface area contributed by atoms with Gasteiger partial charge < -0.3 is 5.73 Å². The van der Waals surface area contributed by atoms with E-state index in [2.05, 4.69) is 9.98 Å². The molecule has 3 rings (SSSR count). The van der Waals surface area contributed by atoms with E-state index in [9.17, 15) is 0 Å². The zero-order valence-electron chi connectivity index (χ0n) is 10.7. The van der Waals surface area contributed by atoms with Gasteiger partial charge in [0.2, 0.25) is 0 Å². The number of alkyl halides is 1. The lowest BCUT2D eigenvalue weighted by atomic mass is 10.2. The van der Waals surface area contributed by atoms with Crippen molar-refractivity contribution in [3.8, 4) is 5.69 Å². The van der Waals surface area contributed by atoms with Crippen LogP contribution in [-0.4, -0.2) is 21.3 Å². The van der Waals surface area contributed by atoms with Crippen molar-refractivity contribution in [2.75, 3.05) is 5.88 Å². The van der Waals surface area contributed by atoms with Gasteiger partial charge in [0.05, 0.1) is 28.3 Å². The molecule has 0 aliphatic carbocycles. The molecule has 0 saturated heterocycles. The minimum absolute atomic E-state index is 0.207. The number of rotatable bonds is 3. The Kier molecular flexibility index (Phi) is 3.39. The molecular weight excluding hydrogens is 272 g/mol. The molecule has 0 spiro atoms. The molecule has 20 heavy (non-hydrogen) atoms. The van der Waals surface area contributed by atoms with E-state index in [1.165, 1.54) is 0 Å². The average Bonchev–Trinajstić information content (AvgIpc) is 2.91. The number of nitrogens with zero attached hydrogens (tertiary/aromatic N) is 3. The zero-order chi connectivity index (χ0) is 13.9. The Bertz CT molecular complexity index is 776. The summed E-state index contributed by atoms with van der Waals surface area (Å²) in [5.74, 6) is 0.600. The molecule has 0 amide bonds. The van der Waals surface area contributed by atoms with Crippen LogP contribution in [0.15, 0.2) is 59.9 Å². The molecule has 1 heterocycles. The Morgan fingerprint density at radius 1 is 1.15 bits per heavy atom. The molecular formula is C15H13ClN4. The molecule has 100 valence electrons. The van der Waals surface area contributed by atoms with Crippen molar-refractivity contribution in [1.29, 1.82) is 0 Å². The number of fused-ring (bicyclic) bond motifs is 1. The van der Waals surface area contributed by atoms with Crippen molar-refractivity contribution >= 4 is 34.2 Å². The maximum Gasteiger partial charge on any atom is 0.115 e. The predicted octanol–water partition coefficient (Wildman–Crippen LogP) is 3.25. The van der Waals surface area contributed by atoms with E-state index in [0.29, 0.717) is 5.84 Å². The third-order valence-corrected chi connectivity index (χ3v) is 3.27. The number of nitrogens with two attached hydrogens (primary N) is 1. The molecule has 0 unspecified atom stereocenters. The fourth-order valence-corrected chi connectivity index (χ4v) is 2.16. The molecule has 0 radical (unpaired) electrons. The Hall–Kier alpha value is -2.33. The lowest BCUT2D eigenvalue weighted by Crippen LogP contribution is -2.12. The number of halogens is 1. The van der Waals surface area contributed by atoms with Gasteiger partial charge in [-0.1, -0.05) is 24.3 Å². The highest BCUT2D eigenvalue weighted by Crippen LogP contribution is 2.26. The minimum Gasteiger partial charge on any atom is -0.386 e. The number of aromatic nitrogens is 2. The van der Waals surface area contributed by atoms with Crippen molar-refractivity contribution in [1.82, 2.24) is 9.55 Å². The Morgan fingerprint density at radius 2 is 1.90 bits per heavy atom. The van der Waals surface area contributed by atoms with Crippen LogP contribution in [0.5, 0.6) is 0 Å². The Morgan fingerprint density at radius 3 is 2.75 bits per heavy atom. The van der Waals surface area contributed by atoms with Gasteiger partial charge >= 0.3 is 0 Å². The lowest BCUT2D eigenvalue weighted by Gasteiger charge is -2.08. The maximum atomic E-state index is 5.73. The summed E-state index contributed by atoms with van der Waals surface area (Å²) in [6.45, 7) is 0. The van der Waals surface area contributed by atoms with E-state index in [-0.39, 0.29) is 5.88 Å². The molecule has 2 aromatic carbocycles. The number of hydrogen-bond acceptors (Lipinski definition) is 2. The van der Waals surface area contributed by atoms with Crippen LogP contribution in [0.2, 0.25) is 0 Å². The van der Waals surface area contributed by atoms with Gasteiger partial charge in [0, 0.05) is 0 Å². The van der Waals surface area contributed by atoms with Crippen molar-refractivity contribution in [3.05, 3.63) is 54.9 Å². The molecule has 3 aromatic rings. The Balaban J connectivity index is 2.20. The lowest BCUT2D eigenvalue weighted by molar-refractivity contribution is 1.09. The molecule has 0 fully saturated rings. The number of imidazole rings is 1. The van der Waals surface area contributed by atoms with E-state index in [4.69, 9.17) is 17.3 Å². The number of benzene rings is 2. The van der Waals surface area contributed by atoms with Crippen molar-refractivity contribution in [2.45, 2.75) is 0 Å². The highest BCUT2D eigenvalue weighted by atomic mass is 35.5. The zero-order valence-corrected chi connectivity index (χ0v) is 11.5. The van der Waals surface area contributed by atoms with Crippen LogP contribution in [-0.2, 0) is 0 Å². The summed E-state index contributed by atoms with van der Waals surface area (Å²) in [5.41, 5.74) is 9.40. The number of aliphatic imine (C=N–C) groups is 1. The number of para-hydroxylation sites is 4. The van der Waals surface area contributed by atoms with Gasteiger partial charge in [0.1, 0.15) is 12.2 Å². The fraction of sp³-hybridized carbons (Fsp3) is 0.0667. The molecule has 0 atom stereocenters. The smallest absolute Gasteiger partial charge is 0.115 e. The van der Waals surface area contributed by atoms with Gasteiger partial charge in [-0.05, 0) is 24.3 Å². The first-order valence-corrected chi connectivity index (χ1v) is 6.73. The first-order chi connectivity index (χ1) is 9.79. The van der Waals surface area contributed by atoms with Gasteiger partial charge in [-0.25, -0.2) is 9.98 Å². The third-order valence-electron chi connectivity index (χ3n) is 3.00. The minimum atomic E-state index is 0.207. The molecule has 0 aliphatic rings. The molecule has 5 heteroatoms. The molecule has 0 saturated carbocycles. The van der Waals surface area contributed by atoms with Crippen LogP contribution in [0.4, 0.5) is 5.69 Å². The quantitative estimate of drug-likeness (QED) is 0.456. The number of hydrogen-bond donors (Lipinski definition) is 1. The highest BCUT2D eigenvalue weighted by Gasteiger charge is 2.07. The van der Waals surface area contributed by atoms with E-state index >= 15 is 0 Å². The maximum absolute atomic E-state index is 5.73. The first kappa shape index (κ1) is 12.7. The van der Waals surface area contributed by atoms with Gasteiger partial charge in [-0.15, -0.1) is 11.6 Å². The summed E-state index contributed by atoms with van der Waals surface area (Å²) >= 11 is 5.70. The summed E-state index contributed by atoms with van der Waals surface area (Å²) in [7, 11) is 0. The first-order valence-electron chi connectivity index (χ1n) is 6.20. The van der Waals surface area contributed by atoms with Crippen LogP contribution in [0, 0.1) is 0 Å². The van der Waals surface area contributed by atoms with Gasteiger partial charge in [0.15, 0.2) is 0 Å². The van der Waals surface area contributed by atoms with Gasteiger partial charge in [0.25, 0.3) is 0 Å². The normalized spacial score (nSPS) is 11.9. The fourth-order valence-electron chi connectivity index (χ4n) is 2.10. The van der Waals surface area contributed by atoms with E-state index in [1.807, 2.05) is 53.1 Å². The number of amidine groups is 1. The monoisotopic (exact) mass is 284 g/mol. The van der Waals surface area contributed by atoms with E-state index < -0.39 is 0 Å². The average molecular weight is 285 g/mol. The summed E-state index contributed by atoms with van der Waals surface area (Å²) in [6.07, 6.45) is 1.79. The Labute approximate surface area is 121 Å². The van der Waals surface area contributed by atoms with Gasteiger partial charge in [-0.2, -0.15) is 0 Å². The summed E-state index contributed by atoms with van der Waals surface area (Å²) in [4.78, 5) is 8.75. The topological polar surface area (TPSA) is 56.2 Å². The van der Waals surface area contributed by atoms with Crippen LogP contribution in [0.3, 0.4) is 0 Å². The molecule has 2 N–H and O–H groups in total. The molecule has 4 nitrogen and oxygen atoms in total. The molecule has 0 bridgehead atoms. The van der Waals surface area contributed by atoms with Crippen molar-refractivity contribution < 1.29 is 0 Å². The third kappa shape index (κ3) is 2.26. The summed E-state index contributed by atoms with van der Waals surface area (Å²) in [6, 6.07) is 15.7. The van der Waals surface area contributed by atoms with Crippen molar-refractivity contribution in [2.24, 2.45) is 10.7 Å². The second-order valence-corrected chi connectivity index (χ2v) is 4.60. The molecule has 1 aromatic heterocycles. The van der Waals surface area contributed by atoms with Crippen LogP contribution < -0.4 is 5.73 Å². The van der Waals surface area contributed by atoms with E-state index in [0.717, 1.165) is 22.4 Å². The predicted molar refractivity (Wildman–Crippen MR) is 83.1 cm³/mol. The van der Waals surface area contributed by atoms with Crippen LogP contribution in [0.1, 0.15) is 0 Å². The molecule has 0 aliphatic heterocycles. The second kappa shape index (κ2) is 5.35. The summed E-state index contributed by atoms with van der Waals surface area (Å²) in [5, 5.41) is 0.